The molecule has 1 spiro atoms. The Bertz CT molecular complexity index is 173. The van der Waals surface area contributed by atoms with Gasteiger partial charge in [0.25, 0.3) is 0 Å². The van der Waals surface area contributed by atoms with Crippen LogP contribution < -0.4 is 0 Å². The van der Waals surface area contributed by atoms with E-state index < -0.39 is 0 Å². The number of hydrogen-bond acceptors (Lipinski definition) is 0. The third-order valence-corrected chi connectivity index (χ3v) is 6.28. The van der Waals surface area contributed by atoms with Crippen LogP contribution in [0, 0.1) is 29.1 Å². The van der Waals surface area contributed by atoms with Crippen LogP contribution in [0.15, 0.2) is 0 Å². The number of hydrogen-bond donors (Lipinski definition) is 0. The molecular formula is C13H20. The Hall–Kier alpha value is 0. The fourth-order valence-electron chi connectivity index (χ4n) is 6.19. The first-order valence-corrected chi connectivity index (χ1v) is 6.42. The minimum absolute atomic E-state index is 0.944. The number of rotatable bonds is 0. The van der Waals surface area contributed by atoms with Crippen molar-refractivity contribution in [3.8, 4) is 0 Å². The molecule has 0 aromatic rings. The van der Waals surface area contributed by atoms with Gasteiger partial charge < -0.3 is 0 Å². The molecule has 4 saturated carbocycles. The second kappa shape index (κ2) is 2.15. The quantitative estimate of drug-likeness (QED) is 0.529. The Morgan fingerprint density at radius 1 is 0.462 bits per heavy atom. The van der Waals surface area contributed by atoms with Gasteiger partial charge in [-0.2, -0.15) is 0 Å². The van der Waals surface area contributed by atoms with Gasteiger partial charge in [-0.1, -0.05) is 0 Å². The molecule has 4 aliphatic carbocycles. The van der Waals surface area contributed by atoms with Crippen LogP contribution in [0.1, 0.15) is 51.4 Å². The second-order valence-electron chi connectivity index (χ2n) is 6.10. The lowest BCUT2D eigenvalue weighted by Gasteiger charge is -2.35. The Morgan fingerprint density at radius 3 is 0.923 bits per heavy atom. The van der Waals surface area contributed by atoms with Crippen LogP contribution in [-0.4, -0.2) is 0 Å². The molecule has 4 rings (SSSR count). The van der Waals surface area contributed by atoms with E-state index in [2.05, 4.69) is 0 Å². The molecule has 0 radical (unpaired) electrons. The van der Waals surface area contributed by atoms with Gasteiger partial charge in [-0.05, 0) is 80.5 Å². The van der Waals surface area contributed by atoms with Crippen molar-refractivity contribution in [2.75, 3.05) is 0 Å². The minimum atomic E-state index is 0.944. The molecule has 0 aromatic carbocycles. The zero-order chi connectivity index (χ0) is 8.47. The van der Waals surface area contributed by atoms with Crippen molar-refractivity contribution < 1.29 is 0 Å². The first-order chi connectivity index (χ1) is 6.42. The highest BCUT2D eigenvalue weighted by molar-refractivity contribution is 5.14. The summed E-state index contributed by atoms with van der Waals surface area (Å²) in [5.74, 6) is 4.77. The maximum absolute atomic E-state index is 1.61. The normalized spacial score (nSPS) is 62.8. The van der Waals surface area contributed by atoms with E-state index in [0.29, 0.717) is 0 Å². The van der Waals surface area contributed by atoms with Crippen molar-refractivity contribution >= 4 is 0 Å². The molecule has 0 aromatic heterocycles. The molecule has 0 heteroatoms. The zero-order valence-corrected chi connectivity index (χ0v) is 8.47. The molecular weight excluding hydrogens is 156 g/mol. The van der Waals surface area contributed by atoms with E-state index >= 15 is 0 Å². The van der Waals surface area contributed by atoms with E-state index in [9.17, 15) is 0 Å². The summed E-state index contributed by atoms with van der Waals surface area (Å²) in [6.07, 6.45) is 12.9. The molecule has 0 amide bonds. The predicted molar refractivity (Wildman–Crippen MR) is 53.3 cm³/mol. The summed E-state index contributed by atoms with van der Waals surface area (Å²) in [5, 5.41) is 0. The van der Waals surface area contributed by atoms with Gasteiger partial charge in [-0.25, -0.2) is 0 Å². The summed E-state index contributed by atoms with van der Waals surface area (Å²) in [6.45, 7) is 0. The predicted octanol–water partition coefficient (Wildman–Crippen LogP) is 3.61. The van der Waals surface area contributed by atoms with E-state index in [1.807, 2.05) is 0 Å². The highest BCUT2D eigenvalue weighted by Gasteiger charge is 2.65. The van der Waals surface area contributed by atoms with Gasteiger partial charge >= 0.3 is 0 Å². The largest absolute Gasteiger partial charge is 0.0496 e. The SMILES string of the molecule is C1CC2CCC1C21C2CCC1CC2. The Morgan fingerprint density at radius 2 is 0.692 bits per heavy atom. The summed E-state index contributed by atoms with van der Waals surface area (Å²) in [4.78, 5) is 0. The van der Waals surface area contributed by atoms with Crippen LogP contribution in [0.2, 0.25) is 0 Å². The van der Waals surface area contributed by atoms with Gasteiger partial charge in [0.15, 0.2) is 0 Å². The van der Waals surface area contributed by atoms with Crippen LogP contribution >= 0.6 is 0 Å². The van der Waals surface area contributed by atoms with Crippen LogP contribution in [0.5, 0.6) is 0 Å². The molecule has 4 aliphatic rings. The van der Waals surface area contributed by atoms with Gasteiger partial charge in [-0.15, -0.1) is 0 Å². The van der Waals surface area contributed by atoms with Gasteiger partial charge in [0.05, 0.1) is 0 Å². The van der Waals surface area contributed by atoms with Crippen molar-refractivity contribution in [1.29, 1.82) is 0 Å². The summed E-state index contributed by atoms with van der Waals surface area (Å²) in [6, 6.07) is 0. The average Bonchev–Trinajstić information content (AvgIpc) is 2.92. The molecule has 0 aliphatic heterocycles. The molecule has 0 heterocycles. The van der Waals surface area contributed by atoms with Crippen molar-refractivity contribution in [3.63, 3.8) is 0 Å². The average molecular weight is 176 g/mol. The molecule has 4 bridgehead atoms. The maximum Gasteiger partial charge on any atom is -0.0184 e. The van der Waals surface area contributed by atoms with E-state index in [1.54, 1.807) is 51.4 Å². The highest BCUT2D eigenvalue weighted by atomic mass is 14.7. The van der Waals surface area contributed by atoms with Crippen molar-refractivity contribution in [2.45, 2.75) is 51.4 Å². The smallest absolute Gasteiger partial charge is 0.0184 e. The molecule has 72 valence electrons. The molecule has 0 N–H and O–H groups in total. The Balaban J connectivity index is 1.85. The molecule has 0 saturated heterocycles. The first-order valence-electron chi connectivity index (χ1n) is 6.42. The summed E-state index contributed by atoms with van der Waals surface area (Å²) >= 11 is 0. The monoisotopic (exact) mass is 176 g/mol. The van der Waals surface area contributed by atoms with E-state index in [0.717, 1.165) is 5.41 Å². The third-order valence-electron chi connectivity index (χ3n) is 6.28. The van der Waals surface area contributed by atoms with Crippen LogP contribution in [0.4, 0.5) is 0 Å². The summed E-state index contributed by atoms with van der Waals surface area (Å²) in [7, 11) is 0. The van der Waals surface area contributed by atoms with E-state index in [-0.39, 0.29) is 0 Å². The molecule has 4 fully saturated rings. The minimum Gasteiger partial charge on any atom is -0.0496 e. The summed E-state index contributed by atoms with van der Waals surface area (Å²) in [5.41, 5.74) is 0.944. The zero-order valence-electron chi connectivity index (χ0n) is 8.47. The summed E-state index contributed by atoms with van der Waals surface area (Å²) < 4.78 is 0. The highest BCUT2D eigenvalue weighted by Crippen LogP contribution is 2.74. The fraction of sp³-hybridized carbons (Fsp3) is 1.00. The molecule has 0 atom stereocenters. The van der Waals surface area contributed by atoms with Crippen molar-refractivity contribution in [1.82, 2.24) is 0 Å². The Labute approximate surface area is 81.1 Å². The topological polar surface area (TPSA) is 0 Å². The van der Waals surface area contributed by atoms with Crippen LogP contribution in [-0.2, 0) is 0 Å². The standard InChI is InChI=1S/C13H20/c1-2-10-4-3-9(1)13(10)11-5-6-12(13)8-7-11/h9-12H,1-8H2. The second-order valence-corrected chi connectivity index (χ2v) is 6.10. The first kappa shape index (κ1) is 7.31. The third kappa shape index (κ3) is 0.620. The van der Waals surface area contributed by atoms with Crippen molar-refractivity contribution in [3.05, 3.63) is 0 Å². The van der Waals surface area contributed by atoms with E-state index in [4.69, 9.17) is 0 Å². The molecule has 0 unspecified atom stereocenters. The van der Waals surface area contributed by atoms with Gasteiger partial charge in [0, 0.05) is 0 Å². The Kier molecular flexibility index (Phi) is 1.21. The van der Waals surface area contributed by atoms with Gasteiger partial charge in [0.1, 0.15) is 0 Å². The maximum atomic E-state index is 1.61. The van der Waals surface area contributed by atoms with Crippen LogP contribution in [0.3, 0.4) is 0 Å². The fourth-order valence-corrected chi connectivity index (χ4v) is 6.19. The van der Waals surface area contributed by atoms with Gasteiger partial charge in [0.2, 0.25) is 0 Å². The lowest BCUT2D eigenvalue weighted by Crippen LogP contribution is -2.31. The molecule has 13 heavy (non-hydrogen) atoms. The lowest BCUT2D eigenvalue weighted by molar-refractivity contribution is 0.117. The lowest BCUT2D eigenvalue weighted by atomic mass is 9.69. The van der Waals surface area contributed by atoms with Crippen molar-refractivity contribution in [2.24, 2.45) is 29.1 Å². The van der Waals surface area contributed by atoms with Gasteiger partial charge in [-0.3, -0.25) is 0 Å². The van der Waals surface area contributed by atoms with E-state index in [1.165, 1.54) is 23.7 Å². The van der Waals surface area contributed by atoms with Crippen LogP contribution in [0.25, 0.3) is 0 Å². The molecule has 0 nitrogen and oxygen atoms in total.